The summed E-state index contributed by atoms with van der Waals surface area (Å²) in [5.74, 6) is -0.0690. The molecule has 0 aromatic heterocycles. The summed E-state index contributed by atoms with van der Waals surface area (Å²) in [6.07, 6.45) is 2.64. The minimum Gasteiger partial charge on any atom is -0.326 e. The van der Waals surface area contributed by atoms with Gasteiger partial charge >= 0.3 is 0 Å². The number of carbonyl (C=O) groups excluding carboxylic acids is 1. The maximum Gasteiger partial charge on any atom is 0.228 e. The fourth-order valence-corrected chi connectivity index (χ4v) is 3.72. The maximum atomic E-state index is 12.5. The first-order valence-corrected chi connectivity index (χ1v) is 9.48. The van der Waals surface area contributed by atoms with Crippen LogP contribution in [0.25, 0.3) is 0 Å². The topological polar surface area (TPSA) is 66.5 Å². The van der Waals surface area contributed by atoms with Crippen LogP contribution in [0.1, 0.15) is 38.2 Å². The largest absolute Gasteiger partial charge is 0.326 e. The van der Waals surface area contributed by atoms with Gasteiger partial charge in [-0.1, -0.05) is 32.0 Å². The molecule has 1 amide bonds. The quantitative estimate of drug-likeness (QED) is 0.925. The summed E-state index contributed by atoms with van der Waals surface area (Å²) in [5.41, 5.74) is 1.91. The number of nitrogens with one attached hydrogen (secondary N) is 1. The Morgan fingerprint density at radius 2 is 2.00 bits per heavy atom. The van der Waals surface area contributed by atoms with Crippen LogP contribution in [-0.2, 0) is 14.8 Å². The fraction of sp³-hybridized carbons (Fsp3) is 0.562. The van der Waals surface area contributed by atoms with Gasteiger partial charge in [-0.15, -0.1) is 0 Å². The SMILES string of the molecule is CC(C)c1ccccc1NC(=O)C1CCCN(S(C)(=O)=O)C1. The van der Waals surface area contributed by atoms with Gasteiger partial charge in [-0.05, 0) is 30.4 Å². The molecule has 5 nitrogen and oxygen atoms in total. The third-order valence-corrected chi connectivity index (χ3v) is 5.33. The third-order valence-electron chi connectivity index (χ3n) is 4.06. The number of anilines is 1. The Morgan fingerprint density at radius 3 is 2.64 bits per heavy atom. The molecule has 1 unspecified atom stereocenters. The number of carbonyl (C=O) groups is 1. The molecule has 0 spiro atoms. The normalized spacial score (nSPS) is 20.1. The van der Waals surface area contributed by atoms with E-state index in [1.54, 1.807) is 0 Å². The number of benzene rings is 1. The van der Waals surface area contributed by atoms with Crippen molar-refractivity contribution < 1.29 is 13.2 Å². The molecule has 0 radical (unpaired) electrons. The van der Waals surface area contributed by atoms with Crippen LogP contribution in [0.5, 0.6) is 0 Å². The molecule has 1 aliphatic rings. The summed E-state index contributed by atoms with van der Waals surface area (Å²) in [7, 11) is -3.23. The zero-order valence-electron chi connectivity index (χ0n) is 13.4. The number of nitrogens with zero attached hydrogens (tertiary/aromatic N) is 1. The van der Waals surface area contributed by atoms with Crippen LogP contribution >= 0.6 is 0 Å². The molecule has 2 rings (SSSR count). The van der Waals surface area contributed by atoms with Crippen LogP contribution in [-0.4, -0.2) is 38.0 Å². The van der Waals surface area contributed by atoms with E-state index in [-0.39, 0.29) is 18.4 Å². The zero-order chi connectivity index (χ0) is 16.3. The zero-order valence-corrected chi connectivity index (χ0v) is 14.2. The van der Waals surface area contributed by atoms with Crippen LogP contribution in [0.2, 0.25) is 0 Å². The number of para-hydroxylation sites is 1. The summed E-state index contributed by atoms with van der Waals surface area (Å²) in [6.45, 7) is 4.94. The maximum absolute atomic E-state index is 12.5. The van der Waals surface area contributed by atoms with Crippen molar-refractivity contribution >= 4 is 21.6 Å². The number of amides is 1. The first-order valence-electron chi connectivity index (χ1n) is 7.64. The predicted molar refractivity (Wildman–Crippen MR) is 88.3 cm³/mol. The van der Waals surface area contributed by atoms with Crippen LogP contribution in [0, 0.1) is 5.92 Å². The van der Waals surface area contributed by atoms with E-state index in [1.807, 2.05) is 24.3 Å². The van der Waals surface area contributed by atoms with Gasteiger partial charge in [0.15, 0.2) is 0 Å². The van der Waals surface area contributed by atoms with Crippen molar-refractivity contribution in [1.29, 1.82) is 0 Å². The molecule has 1 aliphatic heterocycles. The Morgan fingerprint density at radius 1 is 1.32 bits per heavy atom. The number of piperidine rings is 1. The predicted octanol–water partition coefficient (Wildman–Crippen LogP) is 2.42. The fourth-order valence-electron chi connectivity index (χ4n) is 2.81. The second-order valence-electron chi connectivity index (χ2n) is 6.19. The lowest BCUT2D eigenvalue weighted by molar-refractivity contribution is -0.120. The molecule has 1 N–H and O–H groups in total. The first-order chi connectivity index (χ1) is 10.3. The highest BCUT2D eigenvalue weighted by Crippen LogP contribution is 2.26. The van der Waals surface area contributed by atoms with E-state index < -0.39 is 10.0 Å². The van der Waals surface area contributed by atoms with Crippen molar-refractivity contribution in [2.45, 2.75) is 32.6 Å². The van der Waals surface area contributed by atoms with E-state index >= 15 is 0 Å². The second kappa shape index (κ2) is 6.79. The lowest BCUT2D eigenvalue weighted by atomic mass is 9.97. The minimum atomic E-state index is -3.23. The van der Waals surface area contributed by atoms with Gasteiger partial charge in [-0.2, -0.15) is 0 Å². The van der Waals surface area contributed by atoms with Gasteiger partial charge in [0.1, 0.15) is 0 Å². The molecular formula is C16H24N2O3S. The van der Waals surface area contributed by atoms with Gasteiger partial charge in [0, 0.05) is 18.8 Å². The lowest BCUT2D eigenvalue weighted by Gasteiger charge is -2.30. The first kappa shape index (κ1) is 17.0. The Balaban J connectivity index is 2.10. The highest BCUT2D eigenvalue weighted by atomic mass is 32.2. The van der Waals surface area contributed by atoms with Crippen LogP contribution in [0.3, 0.4) is 0 Å². The molecular weight excluding hydrogens is 300 g/mol. The van der Waals surface area contributed by atoms with E-state index in [0.717, 1.165) is 24.1 Å². The Labute approximate surface area is 132 Å². The molecule has 1 fully saturated rings. The molecule has 1 saturated heterocycles. The molecule has 0 saturated carbocycles. The molecule has 0 bridgehead atoms. The van der Waals surface area contributed by atoms with Crippen LogP contribution < -0.4 is 5.32 Å². The van der Waals surface area contributed by atoms with Gasteiger partial charge < -0.3 is 5.32 Å². The molecule has 6 heteroatoms. The van der Waals surface area contributed by atoms with Crippen molar-refractivity contribution in [2.24, 2.45) is 5.92 Å². The number of hydrogen-bond acceptors (Lipinski definition) is 3. The van der Waals surface area contributed by atoms with E-state index in [2.05, 4.69) is 19.2 Å². The van der Waals surface area contributed by atoms with Crippen molar-refractivity contribution in [3.8, 4) is 0 Å². The second-order valence-corrected chi connectivity index (χ2v) is 8.17. The van der Waals surface area contributed by atoms with Gasteiger partial charge in [-0.3, -0.25) is 4.79 Å². The summed E-state index contributed by atoms with van der Waals surface area (Å²) in [5, 5.41) is 2.97. The van der Waals surface area contributed by atoms with Gasteiger partial charge in [0.2, 0.25) is 15.9 Å². The highest BCUT2D eigenvalue weighted by molar-refractivity contribution is 7.88. The molecule has 1 aromatic carbocycles. The Hall–Kier alpha value is -1.40. The standard InChI is InChI=1S/C16H24N2O3S/c1-12(2)14-8-4-5-9-15(14)17-16(19)13-7-6-10-18(11-13)22(3,20)21/h4-5,8-9,12-13H,6-7,10-11H2,1-3H3,(H,17,19). The van der Waals surface area contributed by atoms with Crippen LogP contribution in [0.15, 0.2) is 24.3 Å². The molecule has 22 heavy (non-hydrogen) atoms. The Bertz CT molecular complexity index is 641. The highest BCUT2D eigenvalue weighted by Gasteiger charge is 2.30. The van der Waals surface area contributed by atoms with Crippen molar-refractivity contribution in [2.75, 3.05) is 24.7 Å². The van der Waals surface area contributed by atoms with Gasteiger partial charge in [0.25, 0.3) is 0 Å². The van der Waals surface area contributed by atoms with Crippen molar-refractivity contribution in [3.05, 3.63) is 29.8 Å². The summed E-state index contributed by atoms with van der Waals surface area (Å²) in [4.78, 5) is 12.5. The van der Waals surface area contributed by atoms with Crippen LogP contribution in [0.4, 0.5) is 5.69 Å². The molecule has 122 valence electrons. The molecule has 0 aliphatic carbocycles. The summed E-state index contributed by atoms with van der Waals surface area (Å²) < 4.78 is 24.7. The summed E-state index contributed by atoms with van der Waals surface area (Å²) >= 11 is 0. The number of rotatable bonds is 4. The van der Waals surface area contributed by atoms with E-state index in [4.69, 9.17) is 0 Å². The van der Waals surface area contributed by atoms with Gasteiger partial charge in [0.05, 0.1) is 12.2 Å². The molecule has 1 atom stereocenters. The monoisotopic (exact) mass is 324 g/mol. The summed E-state index contributed by atoms with van der Waals surface area (Å²) in [6, 6.07) is 7.75. The number of hydrogen-bond donors (Lipinski definition) is 1. The van der Waals surface area contributed by atoms with E-state index in [1.165, 1.54) is 10.6 Å². The van der Waals surface area contributed by atoms with E-state index in [0.29, 0.717) is 12.5 Å². The lowest BCUT2D eigenvalue weighted by Crippen LogP contribution is -2.43. The molecule has 1 heterocycles. The smallest absolute Gasteiger partial charge is 0.228 e. The van der Waals surface area contributed by atoms with Crippen molar-refractivity contribution in [1.82, 2.24) is 4.31 Å². The average Bonchev–Trinajstić information content (AvgIpc) is 2.47. The Kier molecular flexibility index (Phi) is 5.24. The average molecular weight is 324 g/mol. The van der Waals surface area contributed by atoms with Gasteiger partial charge in [-0.25, -0.2) is 12.7 Å². The molecule has 1 aromatic rings. The van der Waals surface area contributed by atoms with Crippen molar-refractivity contribution in [3.63, 3.8) is 0 Å². The minimum absolute atomic E-state index is 0.0959. The number of sulfonamides is 1. The third kappa shape index (κ3) is 4.08. The van der Waals surface area contributed by atoms with E-state index in [9.17, 15) is 13.2 Å².